The highest BCUT2D eigenvalue weighted by Gasteiger charge is 2.07. The van der Waals surface area contributed by atoms with E-state index in [2.05, 4.69) is 20.5 Å². The Bertz CT molecular complexity index is 881. The second-order valence-corrected chi connectivity index (χ2v) is 6.16. The van der Waals surface area contributed by atoms with Gasteiger partial charge < -0.3 is 0 Å². The molecule has 1 N–H and O–H groups in total. The summed E-state index contributed by atoms with van der Waals surface area (Å²) in [6, 6.07) is 13.6. The molecule has 0 bridgehead atoms. The molecule has 0 saturated carbocycles. The van der Waals surface area contributed by atoms with Crippen LogP contribution in [0.25, 0.3) is 10.9 Å². The van der Waals surface area contributed by atoms with Gasteiger partial charge in [0.1, 0.15) is 0 Å². The number of aromatic nitrogens is 2. The molecule has 0 fully saturated rings. The van der Waals surface area contributed by atoms with Gasteiger partial charge in [0, 0.05) is 33.9 Å². The molecular formula is C18H16N4OS. The maximum atomic E-state index is 12.0. The molecule has 0 atom stereocenters. The summed E-state index contributed by atoms with van der Waals surface area (Å²) in [5.41, 5.74) is 5.24. The predicted octanol–water partition coefficient (Wildman–Crippen LogP) is 3.18. The normalized spacial score (nSPS) is 11.0. The molecular weight excluding hydrogens is 320 g/mol. The van der Waals surface area contributed by atoms with Crippen LogP contribution in [0.3, 0.4) is 0 Å². The summed E-state index contributed by atoms with van der Waals surface area (Å²) in [5.74, 6) is 0.136. The molecule has 6 heteroatoms. The number of hydrazone groups is 1. The van der Waals surface area contributed by atoms with Crippen LogP contribution in [-0.2, 0) is 4.79 Å². The Hall–Kier alpha value is -2.73. The minimum Gasteiger partial charge on any atom is -0.272 e. The van der Waals surface area contributed by atoms with E-state index in [0.29, 0.717) is 0 Å². The highest BCUT2D eigenvalue weighted by molar-refractivity contribution is 8.00. The van der Waals surface area contributed by atoms with Crippen molar-refractivity contribution in [2.75, 3.05) is 5.75 Å². The largest absolute Gasteiger partial charge is 0.272 e. The van der Waals surface area contributed by atoms with Crippen LogP contribution in [0.5, 0.6) is 0 Å². The number of aryl methyl sites for hydroxylation is 1. The molecule has 0 unspecified atom stereocenters. The fraction of sp³-hybridized carbons (Fsp3) is 0.111. The molecule has 3 aromatic rings. The SMILES string of the molecule is Cc1cc(SCC(=O)N/N=C\c2cccnc2)c2ccccc2n1. The zero-order valence-corrected chi connectivity index (χ0v) is 14.0. The average Bonchev–Trinajstić information content (AvgIpc) is 2.60. The smallest absolute Gasteiger partial charge is 0.250 e. The van der Waals surface area contributed by atoms with E-state index in [0.717, 1.165) is 27.1 Å². The number of hydrogen-bond donors (Lipinski definition) is 1. The lowest BCUT2D eigenvalue weighted by atomic mass is 10.2. The van der Waals surface area contributed by atoms with Gasteiger partial charge in [0.05, 0.1) is 17.5 Å². The third kappa shape index (κ3) is 4.17. The molecule has 3 rings (SSSR count). The van der Waals surface area contributed by atoms with Crippen LogP contribution >= 0.6 is 11.8 Å². The van der Waals surface area contributed by atoms with E-state index in [1.807, 2.05) is 49.4 Å². The van der Waals surface area contributed by atoms with E-state index in [1.54, 1.807) is 18.6 Å². The van der Waals surface area contributed by atoms with Crippen molar-refractivity contribution in [1.29, 1.82) is 0 Å². The number of hydrogen-bond acceptors (Lipinski definition) is 5. The highest BCUT2D eigenvalue weighted by Crippen LogP contribution is 2.27. The van der Waals surface area contributed by atoms with Crippen LogP contribution in [0.15, 0.2) is 64.9 Å². The number of pyridine rings is 2. The molecule has 5 nitrogen and oxygen atoms in total. The van der Waals surface area contributed by atoms with Gasteiger partial charge in [-0.3, -0.25) is 14.8 Å². The van der Waals surface area contributed by atoms with E-state index >= 15 is 0 Å². The maximum absolute atomic E-state index is 12.0. The van der Waals surface area contributed by atoms with E-state index in [9.17, 15) is 4.79 Å². The topological polar surface area (TPSA) is 67.2 Å². The number of carbonyl (C=O) groups is 1. The van der Waals surface area contributed by atoms with E-state index in [4.69, 9.17) is 0 Å². The summed E-state index contributed by atoms with van der Waals surface area (Å²) < 4.78 is 0. The first kappa shape index (κ1) is 16.1. The van der Waals surface area contributed by atoms with E-state index in [1.165, 1.54) is 11.8 Å². The van der Waals surface area contributed by atoms with Gasteiger partial charge >= 0.3 is 0 Å². The van der Waals surface area contributed by atoms with Crippen molar-refractivity contribution < 1.29 is 4.79 Å². The molecule has 0 saturated heterocycles. The molecule has 120 valence electrons. The van der Waals surface area contributed by atoms with Crippen molar-refractivity contribution in [3.05, 3.63) is 66.1 Å². The molecule has 1 amide bonds. The lowest BCUT2D eigenvalue weighted by molar-refractivity contribution is -0.118. The number of fused-ring (bicyclic) bond motifs is 1. The molecule has 0 spiro atoms. The maximum Gasteiger partial charge on any atom is 0.250 e. The second-order valence-electron chi connectivity index (χ2n) is 5.15. The lowest BCUT2D eigenvalue weighted by Crippen LogP contribution is -2.19. The summed E-state index contributed by atoms with van der Waals surface area (Å²) in [4.78, 5) is 21.5. The fourth-order valence-corrected chi connectivity index (χ4v) is 3.13. The van der Waals surface area contributed by atoms with E-state index < -0.39 is 0 Å². The average molecular weight is 336 g/mol. The first-order chi connectivity index (χ1) is 11.7. The number of para-hydroxylation sites is 1. The van der Waals surface area contributed by atoms with Crippen LogP contribution in [0.4, 0.5) is 0 Å². The lowest BCUT2D eigenvalue weighted by Gasteiger charge is -2.07. The highest BCUT2D eigenvalue weighted by atomic mass is 32.2. The molecule has 2 aromatic heterocycles. The number of benzene rings is 1. The first-order valence-corrected chi connectivity index (χ1v) is 8.42. The van der Waals surface area contributed by atoms with Gasteiger partial charge in [0.25, 0.3) is 0 Å². The molecule has 0 radical (unpaired) electrons. The van der Waals surface area contributed by atoms with Gasteiger partial charge in [-0.1, -0.05) is 24.3 Å². The third-order valence-electron chi connectivity index (χ3n) is 3.25. The molecule has 1 aromatic carbocycles. The van der Waals surface area contributed by atoms with Crippen LogP contribution in [0, 0.1) is 6.92 Å². The van der Waals surface area contributed by atoms with Gasteiger partial charge in [0.15, 0.2) is 0 Å². The summed E-state index contributed by atoms with van der Waals surface area (Å²) in [5, 5.41) is 5.00. The van der Waals surface area contributed by atoms with Gasteiger partial charge in [-0.2, -0.15) is 5.10 Å². The van der Waals surface area contributed by atoms with Crippen molar-refractivity contribution in [3.63, 3.8) is 0 Å². The summed E-state index contributed by atoms with van der Waals surface area (Å²) in [6.45, 7) is 1.95. The minimum absolute atomic E-state index is 0.154. The van der Waals surface area contributed by atoms with Crippen LogP contribution in [-0.4, -0.2) is 27.8 Å². The van der Waals surface area contributed by atoms with Gasteiger partial charge in [-0.25, -0.2) is 5.43 Å². The Morgan fingerprint density at radius 1 is 1.29 bits per heavy atom. The molecule has 0 aliphatic carbocycles. The van der Waals surface area contributed by atoms with Crippen molar-refractivity contribution >= 4 is 34.8 Å². The van der Waals surface area contributed by atoms with E-state index in [-0.39, 0.29) is 11.7 Å². The predicted molar refractivity (Wildman–Crippen MR) is 97.2 cm³/mol. The zero-order chi connectivity index (χ0) is 16.8. The Kier molecular flexibility index (Phi) is 5.18. The quantitative estimate of drug-likeness (QED) is 0.441. The second kappa shape index (κ2) is 7.70. The summed E-state index contributed by atoms with van der Waals surface area (Å²) in [7, 11) is 0. The summed E-state index contributed by atoms with van der Waals surface area (Å²) >= 11 is 1.48. The number of thioether (sulfide) groups is 1. The molecule has 2 heterocycles. The first-order valence-electron chi connectivity index (χ1n) is 7.43. The standard InChI is InChI=1S/C18H16N4OS/c1-13-9-17(15-6-2-3-7-16(15)21-13)24-12-18(23)22-20-11-14-5-4-8-19-10-14/h2-11H,12H2,1H3,(H,22,23)/b20-11-. The van der Waals surface area contributed by atoms with Crippen molar-refractivity contribution in [2.24, 2.45) is 5.10 Å². The fourth-order valence-electron chi connectivity index (χ4n) is 2.20. The Morgan fingerprint density at radius 3 is 3.00 bits per heavy atom. The van der Waals surface area contributed by atoms with Gasteiger partial charge in [-0.15, -0.1) is 11.8 Å². The molecule has 0 aliphatic rings. The van der Waals surface area contributed by atoms with Crippen LogP contribution in [0.2, 0.25) is 0 Å². The number of amides is 1. The van der Waals surface area contributed by atoms with Crippen molar-refractivity contribution in [1.82, 2.24) is 15.4 Å². The Balaban J connectivity index is 1.61. The number of nitrogens with zero attached hydrogens (tertiary/aromatic N) is 3. The third-order valence-corrected chi connectivity index (χ3v) is 4.31. The molecule has 24 heavy (non-hydrogen) atoms. The van der Waals surface area contributed by atoms with Crippen molar-refractivity contribution in [3.8, 4) is 0 Å². The van der Waals surface area contributed by atoms with Crippen molar-refractivity contribution in [2.45, 2.75) is 11.8 Å². The van der Waals surface area contributed by atoms with Crippen LogP contribution < -0.4 is 5.43 Å². The molecule has 0 aliphatic heterocycles. The number of rotatable bonds is 5. The minimum atomic E-state index is -0.154. The number of carbonyl (C=O) groups excluding carboxylic acids is 1. The van der Waals surface area contributed by atoms with Gasteiger partial charge in [0.2, 0.25) is 5.91 Å². The Labute approximate surface area is 144 Å². The Morgan fingerprint density at radius 2 is 2.17 bits per heavy atom. The monoisotopic (exact) mass is 336 g/mol. The zero-order valence-electron chi connectivity index (χ0n) is 13.1. The number of nitrogens with one attached hydrogen (secondary N) is 1. The van der Waals surface area contributed by atoms with Crippen LogP contribution in [0.1, 0.15) is 11.3 Å². The summed E-state index contributed by atoms with van der Waals surface area (Å²) in [6.07, 6.45) is 4.94. The van der Waals surface area contributed by atoms with Gasteiger partial charge in [-0.05, 0) is 25.1 Å².